The third kappa shape index (κ3) is 3.08. The summed E-state index contributed by atoms with van der Waals surface area (Å²) in [7, 11) is 1.58. The number of likely N-dealkylation sites (tertiary alicyclic amines) is 1. The van der Waals surface area contributed by atoms with Crippen LogP contribution in [0, 0.1) is 11.8 Å². The van der Waals surface area contributed by atoms with E-state index >= 15 is 0 Å². The molecule has 3 aliphatic heterocycles. The molecule has 1 spiro atoms. The van der Waals surface area contributed by atoms with Gasteiger partial charge in [0.2, 0.25) is 11.8 Å². The molecule has 0 radical (unpaired) electrons. The highest BCUT2D eigenvalue weighted by Crippen LogP contribution is 2.52. The number of ether oxygens (including phenoxy) is 2. The van der Waals surface area contributed by atoms with Crippen LogP contribution in [0.25, 0.3) is 0 Å². The van der Waals surface area contributed by atoms with E-state index < -0.39 is 17.4 Å². The minimum absolute atomic E-state index is 0.00331. The molecule has 2 saturated heterocycles. The first-order valence-electron chi connectivity index (χ1n) is 10.2. The van der Waals surface area contributed by atoms with Crippen molar-refractivity contribution in [2.75, 3.05) is 25.5 Å². The molecule has 2 amide bonds. The number of benzene rings is 2. The number of nitrogens with one attached hydrogen (secondary N) is 1. The smallest absolute Gasteiger partial charge is 0.231 e. The van der Waals surface area contributed by atoms with Crippen LogP contribution in [0.3, 0.4) is 0 Å². The average molecular weight is 404 g/mol. The summed E-state index contributed by atoms with van der Waals surface area (Å²) in [6, 6.07) is 17.3. The molecule has 154 valence electrons. The van der Waals surface area contributed by atoms with Gasteiger partial charge in [-0.2, -0.15) is 0 Å². The van der Waals surface area contributed by atoms with Crippen molar-refractivity contribution < 1.29 is 19.1 Å². The molecule has 0 unspecified atom stereocenters. The first-order chi connectivity index (χ1) is 14.6. The molecule has 2 aromatic carbocycles. The van der Waals surface area contributed by atoms with Crippen LogP contribution in [-0.4, -0.2) is 48.6 Å². The maximum absolute atomic E-state index is 13.3. The topological polar surface area (TPSA) is 67.9 Å². The highest BCUT2D eigenvalue weighted by atomic mass is 16.5. The van der Waals surface area contributed by atoms with E-state index in [1.807, 2.05) is 53.5 Å². The van der Waals surface area contributed by atoms with Gasteiger partial charge in [-0.25, -0.2) is 0 Å². The lowest BCUT2D eigenvalue weighted by Crippen LogP contribution is -2.41. The number of hydrogen-bond acceptors (Lipinski definition) is 4. The molecule has 2 aromatic rings. The normalized spacial score (nSPS) is 28.6. The minimum atomic E-state index is -0.686. The molecule has 30 heavy (non-hydrogen) atoms. The fourth-order valence-electron chi connectivity index (χ4n) is 4.90. The third-order valence-corrected chi connectivity index (χ3v) is 6.33. The first kappa shape index (κ1) is 18.9. The van der Waals surface area contributed by atoms with Gasteiger partial charge in [0.25, 0.3) is 0 Å². The Labute approximate surface area is 175 Å². The number of hydrogen-bond donors (Lipinski definition) is 1. The van der Waals surface area contributed by atoms with Crippen molar-refractivity contribution in [1.29, 1.82) is 0 Å². The predicted molar refractivity (Wildman–Crippen MR) is 112 cm³/mol. The Hall–Kier alpha value is -3.12. The summed E-state index contributed by atoms with van der Waals surface area (Å²) in [6.07, 6.45) is 4.34. The second-order valence-electron chi connectivity index (χ2n) is 8.12. The molecular formula is C24H24N2O4. The molecule has 2 fully saturated rings. The average Bonchev–Trinajstić information content (AvgIpc) is 3.41. The van der Waals surface area contributed by atoms with Gasteiger partial charge in [0.15, 0.2) is 0 Å². The van der Waals surface area contributed by atoms with Crippen LogP contribution in [0.4, 0.5) is 5.69 Å². The predicted octanol–water partition coefficient (Wildman–Crippen LogP) is 2.66. The van der Waals surface area contributed by atoms with Gasteiger partial charge in [-0.15, -0.1) is 0 Å². The van der Waals surface area contributed by atoms with E-state index in [0.29, 0.717) is 24.5 Å². The molecule has 3 aliphatic rings. The van der Waals surface area contributed by atoms with Gasteiger partial charge < -0.3 is 19.7 Å². The Morgan fingerprint density at radius 3 is 2.87 bits per heavy atom. The summed E-state index contributed by atoms with van der Waals surface area (Å²) in [5, 5.41) is 2.94. The van der Waals surface area contributed by atoms with Gasteiger partial charge in [0.05, 0.1) is 31.6 Å². The largest absolute Gasteiger partial charge is 0.497 e. The molecule has 4 atom stereocenters. The van der Waals surface area contributed by atoms with Crippen molar-refractivity contribution in [2.24, 2.45) is 11.8 Å². The number of carbonyl (C=O) groups excluding carboxylic acids is 2. The van der Waals surface area contributed by atoms with Gasteiger partial charge in [-0.05, 0) is 24.1 Å². The number of fused-ring (bicyclic) bond motifs is 1. The van der Waals surface area contributed by atoms with Crippen molar-refractivity contribution in [1.82, 2.24) is 4.90 Å². The highest BCUT2D eigenvalue weighted by Gasteiger charge is 2.66. The number of methoxy groups -OCH3 is 1. The van der Waals surface area contributed by atoms with E-state index in [2.05, 4.69) is 17.4 Å². The van der Waals surface area contributed by atoms with Crippen LogP contribution in [-0.2, 0) is 20.7 Å². The lowest BCUT2D eigenvalue weighted by molar-refractivity contribution is -0.135. The van der Waals surface area contributed by atoms with Crippen molar-refractivity contribution in [3.63, 3.8) is 0 Å². The van der Waals surface area contributed by atoms with Crippen LogP contribution < -0.4 is 10.1 Å². The molecule has 0 saturated carbocycles. The Morgan fingerprint density at radius 1 is 1.23 bits per heavy atom. The van der Waals surface area contributed by atoms with Crippen LogP contribution in [0.5, 0.6) is 5.75 Å². The molecule has 0 aromatic heterocycles. The molecule has 1 N–H and O–H groups in total. The third-order valence-electron chi connectivity index (χ3n) is 6.33. The van der Waals surface area contributed by atoms with Gasteiger partial charge in [-0.1, -0.05) is 48.6 Å². The van der Waals surface area contributed by atoms with Gasteiger partial charge in [0.1, 0.15) is 11.4 Å². The number of nitrogens with zero attached hydrogens (tertiary/aromatic N) is 1. The van der Waals surface area contributed by atoms with E-state index in [4.69, 9.17) is 9.47 Å². The maximum Gasteiger partial charge on any atom is 0.231 e. The summed E-state index contributed by atoms with van der Waals surface area (Å²) in [4.78, 5) is 28.3. The molecule has 5 rings (SSSR count). The van der Waals surface area contributed by atoms with Crippen molar-refractivity contribution in [3.8, 4) is 5.75 Å². The zero-order valence-corrected chi connectivity index (χ0v) is 16.8. The summed E-state index contributed by atoms with van der Waals surface area (Å²) < 4.78 is 11.4. The standard InChI is InChI=1S/C24H24N2O4/c1-29-18-9-5-8-17(14-18)25-22(27)20-19-10-12-24(30-19)15-26(23(28)21(20)24)13-11-16-6-3-2-4-7-16/h2-10,12,14,19-21H,11,13,15H2,1H3,(H,25,27)/t19-,20-,21+,24-/m1/s1. The molecule has 3 heterocycles. The molecule has 2 bridgehead atoms. The summed E-state index contributed by atoms with van der Waals surface area (Å²) in [6.45, 7) is 1.12. The van der Waals surface area contributed by atoms with E-state index in [1.165, 1.54) is 5.56 Å². The fourth-order valence-corrected chi connectivity index (χ4v) is 4.90. The molecular weight excluding hydrogens is 380 g/mol. The Morgan fingerprint density at radius 2 is 2.07 bits per heavy atom. The van der Waals surface area contributed by atoms with Crippen LogP contribution in [0.2, 0.25) is 0 Å². The quantitative estimate of drug-likeness (QED) is 0.752. The van der Waals surface area contributed by atoms with E-state index in [9.17, 15) is 9.59 Å². The van der Waals surface area contributed by atoms with E-state index in [0.717, 1.165) is 6.42 Å². The van der Waals surface area contributed by atoms with Gasteiger partial charge in [0, 0.05) is 18.3 Å². The summed E-state index contributed by atoms with van der Waals surface area (Å²) in [5.74, 6) is -0.534. The summed E-state index contributed by atoms with van der Waals surface area (Å²) in [5.41, 5.74) is 1.15. The molecule has 6 heteroatoms. The lowest BCUT2D eigenvalue weighted by atomic mass is 9.77. The van der Waals surface area contributed by atoms with Crippen LogP contribution in [0.15, 0.2) is 66.7 Å². The number of anilines is 1. The van der Waals surface area contributed by atoms with Gasteiger partial charge >= 0.3 is 0 Å². The van der Waals surface area contributed by atoms with E-state index in [-0.39, 0.29) is 17.9 Å². The van der Waals surface area contributed by atoms with Gasteiger partial charge in [-0.3, -0.25) is 9.59 Å². The Kier molecular flexibility index (Phi) is 4.59. The number of rotatable bonds is 6. The zero-order chi connectivity index (χ0) is 20.7. The zero-order valence-electron chi connectivity index (χ0n) is 16.8. The number of carbonyl (C=O) groups is 2. The summed E-state index contributed by atoms with van der Waals surface area (Å²) >= 11 is 0. The SMILES string of the molecule is COc1cccc(NC(=O)[C@H]2[C@H]3C(=O)N(CCc4ccccc4)C[C@]34C=C[C@H]2O4)c1. The van der Waals surface area contributed by atoms with E-state index in [1.54, 1.807) is 13.2 Å². The maximum atomic E-state index is 13.3. The fraction of sp³-hybridized carbons (Fsp3) is 0.333. The molecule has 0 aliphatic carbocycles. The molecule has 6 nitrogen and oxygen atoms in total. The Balaban J connectivity index is 1.32. The lowest BCUT2D eigenvalue weighted by Gasteiger charge is -2.23. The first-order valence-corrected chi connectivity index (χ1v) is 10.2. The van der Waals surface area contributed by atoms with Crippen LogP contribution in [0.1, 0.15) is 5.56 Å². The van der Waals surface area contributed by atoms with Crippen LogP contribution >= 0.6 is 0 Å². The van der Waals surface area contributed by atoms with Crippen molar-refractivity contribution in [2.45, 2.75) is 18.1 Å². The highest BCUT2D eigenvalue weighted by molar-refractivity contribution is 5.99. The van der Waals surface area contributed by atoms with Crippen molar-refractivity contribution >= 4 is 17.5 Å². The second-order valence-corrected chi connectivity index (χ2v) is 8.12. The number of amides is 2. The Bertz CT molecular complexity index is 1010. The van der Waals surface area contributed by atoms with Crippen molar-refractivity contribution in [3.05, 3.63) is 72.3 Å². The minimum Gasteiger partial charge on any atom is -0.497 e. The second kappa shape index (κ2) is 7.29. The monoisotopic (exact) mass is 404 g/mol.